The Balaban J connectivity index is 1.75. The van der Waals surface area contributed by atoms with Crippen molar-refractivity contribution in [3.63, 3.8) is 0 Å². The Morgan fingerprint density at radius 2 is 1.97 bits per heavy atom. The summed E-state index contributed by atoms with van der Waals surface area (Å²) in [5.74, 6) is -1.61. The minimum Gasteiger partial charge on any atom is -0.462 e. The second-order valence-corrected chi connectivity index (χ2v) is 9.11. The molecule has 2 aliphatic heterocycles. The Hall–Kier alpha value is -3.39. The van der Waals surface area contributed by atoms with E-state index in [2.05, 4.69) is 21.2 Å². The molecule has 0 radical (unpaired) electrons. The molecule has 2 atom stereocenters. The van der Waals surface area contributed by atoms with Crippen LogP contribution in [0.3, 0.4) is 0 Å². The number of hydrogen-bond acceptors (Lipinski definition) is 6. The van der Waals surface area contributed by atoms with Crippen LogP contribution in [-0.2, 0) is 29.3 Å². The number of Topliss-reactive ketones (excluding diaryl/α,β-unsaturated/α-hetero) is 1. The number of amides is 1. The first kappa shape index (κ1) is 21.5. The van der Waals surface area contributed by atoms with Gasteiger partial charge >= 0.3 is 5.97 Å². The van der Waals surface area contributed by atoms with Crippen molar-refractivity contribution in [3.05, 3.63) is 86.9 Å². The number of allylic oxidation sites excluding steroid dienone is 1. The molecule has 1 amide bonds. The summed E-state index contributed by atoms with van der Waals surface area (Å²) in [6.45, 7) is 1.74. The number of ether oxygens (including phenoxy) is 2. The molecule has 168 valence electrons. The molecule has 0 unspecified atom stereocenters. The summed E-state index contributed by atoms with van der Waals surface area (Å²) in [5.41, 5.74) is 6.50. The van der Waals surface area contributed by atoms with E-state index in [1.54, 1.807) is 25.1 Å². The predicted molar refractivity (Wildman–Crippen MR) is 124 cm³/mol. The number of carbonyl (C=O) groups is 3. The summed E-state index contributed by atoms with van der Waals surface area (Å²) in [6.07, 6.45) is 0.556. The highest BCUT2D eigenvalue weighted by atomic mass is 79.9. The Morgan fingerprint density at radius 3 is 2.70 bits per heavy atom. The monoisotopic (exact) mass is 508 g/mol. The summed E-state index contributed by atoms with van der Waals surface area (Å²) in [4.78, 5) is 40.5. The summed E-state index contributed by atoms with van der Waals surface area (Å²) < 4.78 is 11.8. The average molecular weight is 509 g/mol. The van der Waals surface area contributed by atoms with E-state index >= 15 is 0 Å². The zero-order valence-corrected chi connectivity index (χ0v) is 19.4. The van der Waals surface area contributed by atoms with Gasteiger partial charge in [-0.15, -0.1) is 0 Å². The molecule has 5 rings (SSSR count). The van der Waals surface area contributed by atoms with E-state index in [-0.39, 0.29) is 41.8 Å². The van der Waals surface area contributed by atoms with Crippen molar-refractivity contribution >= 4 is 39.3 Å². The number of rotatable bonds is 3. The number of esters is 1. The summed E-state index contributed by atoms with van der Waals surface area (Å²) in [7, 11) is 0. The van der Waals surface area contributed by atoms with Gasteiger partial charge in [0.2, 0.25) is 11.8 Å². The molecule has 2 heterocycles. The molecule has 3 aliphatic rings. The molecule has 1 aliphatic carbocycles. The van der Waals surface area contributed by atoms with Gasteiger partial charge in [0.25, 0.3) is 0 Å². The number of anilines is 1. The van der Waals surface area contributed by atoms with Crippen molar-refractivity contribution in [2.45, 2.75) is 31.1 Å². The van der Waals surface area contributed by atoms with Crippen LogP contribution in [0.4, 0.5) is 5.69 Å². The Labute approximate surface area is 198 Å². The fraction of sp³-hybridized carbons (Fsp3) is 0.240. The van der Waals surface area contributed by atoms with Gasteiger partial charge in [0, 0.05) is 28.6 Å². The maximum Gasteiger partial charge on any atom is 0.341 e. The predicted octanol–water partition coefficient (Wildman–Crippen LogP) is 3.80. The van der Waals surface area contributed by atoms with Gasteiger partial charge in [-0.2, -0.15) is 0 Å². The van der Waals surface area contributed by atoms with E-state index in [1.807, 2.05) is 30.3 Å². The first-order valence-electron chi connectivity index (χ1n) is 10.7. The van der Waals surface area contributed by atoms with Crippen LogP contribution in [-0.4, -0.2) is 24.3 Å². The fourth-order valence-electron chi connectivity index (χ4n) is 5.07. The summed E-state index contributed by atoms with van der Waals surface area (Å²) in [6, 6.07) is 14.9. The summed E-state index contributed by atoms with van der Waals surface area (Å²) in [5, 5.41) is 2.83. The number of benzene rings is 2. The lowest BCUT2D eigenvalue weighted by Gasteiger charge is -2.40. The van der Waals surface area contributed by atoms with Gasteiger partial charge in [0.05, 0.1) is 12.2 Å². The molecule has 0 fully saturated rings. The van der Waals surface area contributed by atoms with Crippen LogP contribution < -0.4 is 11.1 Å². The standard InChI is InChI=1S/C25H21BrN2O5/c1-2-32-23(30)21-22(27)33-19-11-14(13-6-4-3-5-7-13)10-18(29)20(19)25(21)16-12-15(26)8-9-17(16)28-24(25)31/h3-9,12,14H,2,10-11,27H2,1H3,(H,28,31)/t14-,25-/m1/s1. The van der Waals surface area contributed by atoms with Crippen LogP contribution in [0.1, 0.15) is 36.8 Å². The average Bonchev–Trinajstić information content (AvgIpc) is 3.05. The van der Waals surface area contributed by atoms with Gasteiger partial charge in [0.1, 0.15) is 16.7 Å². The van der Waals surface area contributed by atoms with Gasteiger partial charge in [-0.05, 0) is 36.6 Å². The van der Waals surface area contributed by atoms with Crippen molar-refractivity contribution in [2.75, 3.05) is 11.9 Å². The highest BCUT2D eigenvalue weighted by Gasteiger charge is 2.62. The fourth-order valence-corrected chi connectivity index (χ4v) is 5.43. The lowest BCUT2D eigenvalue weighted by Crippen LogP contribution is -2.49. The van der Waals surface area contributed by atoms with Crippen LogP contribution in [0, 0.1) is 0 Å². The third-order valence-electron chi connectivity index (χ3n) is 6.38. The van der Waals surface area contributed by atoms with Gasteiger partial charge in [0.15, 0.2) is 5.78 Å². The molecule has 0 bridgehead atoms. The van der Waals surface area contributed by atoms with Crippen LogP contribution in [0.2, 0.25) is 0 Å². The quantitative estimate of drug-likeness (QED) is 0.610. The molecule has 2 aromatic rings. The highest BCUT2D eigenvalue weighted by Crippen LogP contribution is 2.56. The first-order valence-corrected chi connectivity index (χ1v) is 11.5. The smallest absolute Gasteiger partial charge is 0.341 e. The molecule has 0 saturated heterocycles. The highest BCUT2D eigenvalue weighted by molar-refractivity contribution is 9.10. The van der Waals surface area contributed by atoms with Gasteiger partial charge < -0.3 is 20.5 Å². The molecule has 7 nitrogen and oxygen atoms in total. The van der Waals surface area contributed by atoms with Crippen LogP contribution in [0.25, 0.3) is 0 Å². The third-order valence-corrected chi connectivity index (χ3v) is 6.87. The van der Waals surface area contributed by atoms with Gasteiger partial charge in [-0.3, -0.25) is 9.59 Å². The second-order valence-electron chi connectivity index (χ2n) is 8.19. The summed E-state index contributed by atoms with van der Waals surface area (Å²) >= 11 is 3.45. The Morgan fingerprint density at radius 1 is 1.21 bits per heavy atom. The molecule has 0 saturated carbocycles. The minimum absolute atomic E-state index is 0.0780. The number of carbonyl (C=O) groups excluding carboxylic acids is 3. The van der Waals surface area contributed by atoms with E-state index < -0.39 is 17.3 Å². The van der Waals surface area contributed by atoms with Crippen molar-refractivity contribution in [1.29, 1.82) is 0 Å². The first-order chi connectivity index (χ1) is 15.9. The van der Waals surface area contributed by atoms with E-state index in [1.165, 1.54) is 0 Å². The van der Waals surface area contributed by atoms with Gasteiger partial charge in [-0.1, -0.05) is 46.3 Å². The van der Waals surface area contributed by atoms with Crippen LogP contribution >= 0.6 is 15.9 Å². The number of hydrogen-bond donors (Lipinski definition) is 2. The van der Waals surface area contributed by atoms with Crippen molar-refractivity contribution in [1.82, 2.24) is 0 Å². The SMILES string of the molecule is CCOC(=O)C1=C(N)OC2=C(C(=O)C[C@@H](c3ccccc3)C2)[C@@]12C(=O)Nc1ccc(Br)cc12. The largest absolute Gasteiger partial charge is 0.462 e. The van der Waals surface area contributed by atoms with E-state index in [9.17, 15) is 14.4 Å². The normalized spacial score (nSPS) is 23.8. The zero-order valence-electron chi connectivity index (χ0n) is 17.8. The molecule has 3 N–H and O–H groups in total. The second kappa shape index (κ2) is 7.88. The minimum atomic E-state index is -1.73. The lowest BCUT2D eigenvalue weighted by atomic mass is 9.63. The molecular formula is C25H21BrN2O5. The number of halogens is 1. The third kappa shape index (κ3) is 3.12. The number of nitrogens with one attached hydrogen (secondary N) is 1. The van der Waals surface area contributed by atoms with Crippen molar-refractivity contribution in [2.24, 2.45) is 5.73 Å². The van der Waals surface area contributed by atoms with E-state index in [0.717, 1.165) is 5.56 Å². The van der Waals surface area contributed by atoms with E-state index in [0.29, 0.717) is 27.9 Å². The molecule has 33 heavy (non-hydrogen) atoms. The van der Waals surface area contributed by atoms with Gasteiger partial charge in [-0.25, -0.2) is 4.79 Å². The number of ketones is 1. The lowest BCUT2D eigenvalue weighted by molar-refractivity contribution is -0.141. The zero-order chi connectivity index (χ0) is 23.3. The Bertz CT molecular complexity index is 1270. The molecule has 8 heteroatoms. The molecule has 0 aromatic heterocycles. The number of fused-ring (bicyclic) bond motifs is 3. The van der Waals surface area contributed by atoms with Crippen molar-refractivity contribution in [3.8, 4) is 0 Å². The maximum atomic E-state index is 13.7. The maximum absolute atomic E-state index is 13.7. The topological polar surface area (TPSA) is 108 Å². The van der Waals surface area contributed by atoms with Crippen LogP contribution in [0.15, 0.2) is 75.8 Å². The molecular weight excluding hydrogens is 488 g/mol. The Kier molecular flexibility index (Phi) is 5.12. The molecule has 2 aromatic carbocycles. The number of nitrogens with two attached hydrogens (primary N) is 1. The van der Waals surface area contributed by atoms with E-state index in [4.69, 9.17) is 15.2 Å². The molecule has 1 spiro atoms. The van der Waals surface area contributed by atoms with Crippen molar-refractivity contribution < 1.29 is 23.9 Å². The van der Waals surface area contributed by atoms with Crippen LogP contribution in [0.5, 0.6) is 0 Å².